The minimum absolute atomic E-state index is 0.189. The molecule has 1 aliphatic rings. The summed E-state index contributed by atoms with van der Waals surface area (Å²) in [6, 6.07) is 14.2. The lowest BCUT2D eigenvalue weighted by molar-refractivity contribution is -0.144. The number of aryl methyl sites for hydroxylation is 1. The maximum atomic E-state index is 12.3. The fraction of sp³-hybridized carbons (Fsp3) is 0.280. The Morgan fingerprint density at radius 2 is 1.75 bits per heavy atom. The van der Waals surface area contributed by atoms with E-state index in [1.54, 1.807) is 16.7 Å². The zero-order chi connectivity index (χ0) is 22.7. The van der Waals surface area contributed by atoms with Crippen LogP contribution in [-0.4, -0.2) is 69.2 Å². The second-order valence-corrected chi connectivity index (χ2v) is 8.12. The minimum atomic E-state index is -0.998. The summed E-state index contributed by atoms with van der Waals surface area (Å²) in [6.07, 6.45) is 6.06. The van der Waals surface area contributed by atoms with E-state index in [9.17, 15) is 19.8 Å². The molecule has 2 aromatic carbocycles. The van der Waals surface area contributed by atoms with Crippen molar-refractivity contribution in [2.75, 3.05) is 32.7 Å². The lowest BCUT2D eigenvalue weighted by Crippen LogP contribution is -2.49. The number of rotatable bonds is 7. The van der Waals surface area contributed by atoms with Gasteiger partial charge in [-0.3, -0.25) is 14.6 Å². The monoisotopic (exact) mass is 433 g/mol. The highest BCUT2D eigenvalue weighted by Crippen LogP contribution is 2.31. The average Bonchev–Trinajstić information content (AvgIpc) is 3.11. The normalized spacial score (nSPS) is 16.5. The van der Waals surface area contributed by atoms with Gasteiger partial charge in [-0.05, 0) is 17.7 Å². The molecular formula is C25H27N3O4. The van der Waals surface area contributed by atoms with Gasteiger partial charge in [0.2, 0.25) is 0 Å². The number of carbonyl (C=O) groups is 2. The molecule has 1 aromatic heterocycles. The Hall–Kier alpha value is -3.42. The van der Waals surface area contributed by atoms with E-state index in [-0.39, 0.29) is 5.56 Å². The predicted molar refractivity (Wildman–Crippen MR) is 124 cm³/mol. The number of aliphatic carboxylic acids is 1. The van der Waals surface area contributed by atoms with Gasteiger partial charge >= 0.3 is 11.9 Å². The van der Waals surface area contributed by atoms with E-state index < -0.39 is 18.0 Å². The quantitative estimate of drug-likeness (QED) is 0.595. The molecule has 166 valence electrons. The largest absolute Gasteiger partial charge is 0.480 e. The second kappa shape index (κ2) is 9.38. The molecule has 0 radical (unpaired) electrons. The van der Waals surface area contributed by atoms with Gasteiger partial charge in [-0.25, -0.2) is 4.79 Å². The topological polar surface area (TPSA) is 86.0 Å². The fourth-order valence-corrected chi connectivity index (χ4v) is 4.36. The highest BCUT2D eigenvalue weighted by molar-refractivity contribution is 5.96. The Kier molecular flexibility index (Phi) is 6.39. The first-order valence-corrected chi connectivity index (χ1v) is 10.7. The number of hydrogen-bond acceptors (Lipinski definition) is 4. The first kappa shape index (κ1) is 21.8. The first-order chi connectivity index (χ1) is 15.4. The van der Waals surface area contributed by atoms with Crippen LogP contribution in [0.3, 0.4) is 0 Å². The molecule has 1 fully saturated rings. The van der Waals surface area contributed by atoms with Gasteiger partial charge in [-0.2, -0.15) is 0 Å². The molecule has 0 saturated carbocycles. The van der Waals surface area contributed by atoms with E-state index >= 15 is 0 Å². The van der Waals surface area contributed by atoms with Crippen molar-refractivity contribution in [2.24, 2.45) is 7.05 Å². The van der Waals surface area contributed by atoms with Crippen LogP contribution in [0.1, 0.15) is 27.5 Å². The molecule has 1 saturated heterocycles. The Balaban J connectivity index is 1.47. The van der Waals surface area contributed by atoms with Crippen LogP contribution in [-0.2, 0) is 11.8 Å². The van der Waals surface area contributed by atoms with Gasteiger partial charge in [0.05, 0.1) is 5.56 Å². The van der Waals surface area contributed by atoms with Crippen molar-refractivity contribution in [3.05, 3.63) is 77.5 Å². The number of benzene rings is 2. The van der Waals surface area contributed by atoms with Crippen molar-refractivity contribution in [2.45, 2.75) is 6.04 Å². The van der Waals surface area contributed by atoms with Crippen molar-refractivity contribution in [3.63, 3.8) is 0 Å². The van der Waals surface area contributed by atoms with Gasteiger partial charge in [-0.15, -0.1) is 0 Å². The number of hydrogen-bond donors (Lipinski definition) is 2. The van der Waals surface area contributed by atoms with E-state index in [1.165, 1.54) is 11.6 Å². The molecule has 1 unspecified atom stereocenters. The fourth-order valence-electron chi connectivity index (χ4n) is 4.36. The summed E-state index contributed by atoms with van der Waals surface area (Å²) >= 11 is 0. The van der Waals surface area contributed by atoms with E-state index in [2.05, 4.69) is 29.2 Å². The summed E-state index contributed by atoms with van der Waals surface area (Å²) in [5.41, 5.74) is 2.77. The Labute approximate surface area is 186 Å². The zero-order valence-electron chi connectivity index (χ0n) is 18.0. The summed E-state index contributed by atoms with van der Waals surface area (Å²) in [7, 11) is 1.81. The number of piperazine rings is 1. The first-order valence-electron chi connectivity index (χ1n) is 10.7. The number of aromatic carboxylic acids is 1. The van der Waals surface area contributed by atoms with Crippen LogP contribution in [0, 0.1) is 0 Å². The van der Waals surface area contributed by atoms with Crippen molar-refractivity contribution in [1.82, 2.24) is 14.4 Å². The molecular weight excluding hydrogens is 406 g/mol. The van der Waals surface area contributed by atoms with Crippen molar-refractivity contribution in [3.8, 4) is 0 Å². The standard InChI is InChI=1S/C25H27N3O4/c1-26-17-21(20-10-9-19(24(29)30)16-22(20)26)23(25(31)32)28-14-12-27(13-15-28)11-5-8-18-6-3-2-4-7-18/h2-10,16-17,23H,11-15H2,1H3,(H,29,30)(H,31,32)/b8-5+. The molecule has 7 nitrogen and oxygen atoms in total. The zero-order valence-corrected chi connectivity index (χ0v) is 18.0. The Morgan fingerprint density at radius 3 is 2.41 bits per heavy atom. The summed E-state index contributed by atoms with van der Waals surface area (Å²) in [6.45, 7) is 3.71. The predicted octanol–water partition coefficient (Wildman–Crippen LogP) is 3.33. The van der Waals surface area contributed by atoms with Gasteiger partial charge in [0, 0.05) is 62.4 Å². The molecule has 0 spiro atoms. The molecule has 0 bridgehead atoms. The lowest BCUT2D eigenvalue weighted by atomic mass is 10.0. The van der Waals surface area contributed by atoms with Crippen molar-refractivity contribution < 1.29 is 19.8 Å². The summed E-state index contributed by atoms with van der Waals surface area (Å²) < 4.78 is 1.80. The number of carboxylic acids is 2. The number of nitrogens with zero attached hydrogens (tertiary/aromatic N) is 3. The van der Waals surface area contributed by atoms with Gasteiger partial charge in [0.1, 0.15) is 6.04 Å². The van der Waals surface area contributed by atoms with E-state index in [1.807, 2.05) is 36.3 Å². The number of carboxylic acid groups (broad SMARTS) is 2. The molecule has 3 aromatic rings. The third-order valence-corrected chi connectivity index (χ3v) is 6.04. The highest BCUT2D eigenvalue weighted by atomic mass is 16.4. The van der Waals surface area contributed by atoms with Crippen LogP contribution in [0.25, 0.3) is 17.0 Å². The Morgan fingerprint density at radius 1 is 1.03 bits per heavy atom. The van der Waals surface area contributed by atoms with Gasteiger partial charge in [-0.1, -0.05) is 48.6 Å². The molecule has 1 atom stereocenters. The average molecular weight is 434 g/mol. The van der Waals surface area contributed by atoms with Crippen LogP contribution in [0.2, 0.25) is 0 Å². The summed E-state index contributed by atoms with van der Waals surface area (Å²) in [5.74, 6) is -1.89. The molecule has 32 heavy (non-hydrogen) atoms. The third kappa shape index (κ3) is 4.59. The third-order valence-electron chi connectivity index (χ3n) is 6.04. The van der Waals surface area contributed by atoms with Gasteiger partial charge in [0.25, 0.3) is 0 Å². The highest BCUT2D eigenvalue weighted by Gasteiger charge is 2.32. The van der Waals surface area contributed by atoms with Crippen molar-refractivity contribution in [1.29, 1.82) is 0 Å². The molecule has 7 heteroatoms. The van der Waals surface area contributed by atoms with Crippen LogP contribution < -0.4 is 0 Å². The number of aromatic nitrogens is 1. The lowest BCUT2D eigenvalue weighted by Gasteiger charge is -2.37. The smallest absolute Gasteiger partial charge is 0.335 e. The molecule has 1 aliphatic heterocycles. The Bertz CT molecular complexity index is 1140. The minimum Gasteiger partial charge on any atom is -0.480 e. The van der Waals surface area contributed by atoms with Crippen LogP contribution in [0.4, 0.5) is 0 Å². The molecule has 4 rings (SSSR count). The van der Waals surface area contributed by atoms with Gasteiger partial charge < -0.3 is 14.8 Å². The maximum absolute atomic E-state index is 12.3. The van der Waals surface area contributed by atoms with Crippen LogP contribution >= 0.6 is 0 Å². The molecule has 2 N–H and O–H groups in total. The molecule has 0 aliphatic carbocycles. The molecule has 2 heterocycles. The van der Waals surface area contributed by atoms with E-state index in [0.717, 1.165) is 30.5 Å². The summed E-state index contributed by atoms with van der Waals surface area (Å²) in [4.78, 5) is 27.9. The molecule has 0 amide bonds. The van der Waals surface area contributed by atoms with Crippen LogP contribution in [0.5, 0.6) is 0 Å². The van der Waals surface area contributed by atoms with Crippen LogP contribution in [0.15, 0.2) is 60.8 Å². The van der Waals surface area contributed by atoms with E-state index in [4.69, 9.17) is 0 Å². The SMILES string of the molecule is Cn1cc(C(C(=O)O)N2CCN(C/C=C/c3ccccc3)CC2)c2ccc(C(=O)O)cc21. The maximum Gasteiger partial charge on any atom is 0.335 e. The van der Waals surface area contributed by atoms with Crippen molar-refractivity contribution >= 4 is 28.9 Å². The number of fused-ring (bicyclic) bond motifs is 1. The van der Waals surface area contributed by atoms with Gasteiger partial charge in [0.15, 0.2) is 0 Å². The van der Waals surface area contributed by atoms with E-state index in [0.29, 0.717) is 18.7 Å². The second-order valence-electron chi connectivity index (χ2n) is 8.12. The summed E-state index contributed by atoms with van der Waals surface area (Å²) in [5, 5.41) is 20.1.